The van der Waals surface area contributed by atoms with Gasteiger partial charge in [0, 0.05) is 25.1 Å². The smallest absolute Gasteiger partial charge is 0.246 e. The van der Waals surface area contributed by atoms with Crippen LogP contribution in [0.3, 0.4) is 0 Å². The van der Waals surface area contributed by atoms with Gasteiger partial charge in [-0.1, -0.05) is 42.5 Å². The van der Waals surface area contributed by atoms with Crippen LogP contribution in [0.5, 0.6) is 5.75 Å². The molecule has 170 valence electrons. The maximum Gasteiger partial charge on any atom is 0.246 e. The third kappa shape index (κ3) is 6.59. The number of rotatable bonds is 8. The summed E-state index contributed by atoms with van der Waals surface area (Å²) in [6, 6.07) is 21.3. The van der Waals surface area contributed by atoms with Crippen molar-refractivity contribution in [3.8, 4) is 5.75 Å². The van der Waals surface area contributed by atoms with E-state index in [1.165, 1.54) is 0 Å². The standard InChI is InChI=1S/C27H28N2O4/c30-26(29-15-13-23(14-16-29)27(31)28-19-25-10-5-17-32-25)12-11-21-8-4-9-24(18-21)33-20-22-6-2-1-3-7-22/h1-12,17-18,23H,13-16,19-20H2,(H,28,31)/b12-11+. The van der Waals surface area contributed by atoms with Gasteiger partial charge in [-0.05, 0) is 54.3 Å². The van der Waals surface area contributed by atoms with Crippen molar-refractivity contribution in [1.82, 2.24) is 10.2 Å². The highest BCUT2D eigenvalue weighted by Crippen LogP contribution is 2.19. The van der Waals surface area contributed by atoms with E-state index in [2.05, 4.69) is 5.32 Å². The number of benzene rings is 2. The second-order valence-electron chi connectivity index (χ2n) is 8.08. The summed E-state index contributed by atoms with van der Waals surface area (Å²) in [5, 5.41) is 2.91. The van der Waals surface area contributed by atoms with Gasteiger partial charge in [-0.15, -0.1) is 0 Å². The molecule has 0 saturated carbocycles. The van der Waals surface area contributed by atoms with Crippen LogP contribution in [0.15, 0.2) is 83.5 Å². The molecule has 0 unspecified atom stereocenters. The number of carbonyl (C=O) groups is 2. The predicted octanol–water partition coefficient (Wildman–Crippen LogP) is 4.43. The van der Waals surface area contributed by atoms with E-state index in [0.29, 0.717) is 39.1 Å². The molecule has 1 N–H and O–H groups in total. The van der Waals surface area contributed by atoms with Crippen molar-refractivity contribution in [3.63, 3.8) is 0 Å². The molecule has 0 radical (unpaired) electrons. The molecular formula is C27H28N2O4. The van der Waals surface area contributed by atoms with Gasteiger partial charge >= 0.3 is 0 Å². The second-order valence-corrected chi connectivity index (χ2v) is 8.08. The lowest BCUT2D eigenvalue weighted by molar-refractivity contribution is -0.132. The summed E-state index contributed by atoms with van der Waals surface area (Å²) >= 11 is 0. The Kier molecular flexibility index (Phi) is 7.59. The quantitative estimate of drug-likeness (QED) is 0.522. The summed E-state index contributed by atoms with van der Waals surface area (Å²) in [5.74, 6) is 1.39. The lowest BCUT2D eigenvalue weighted by Gasteiger charge is -2.30. The SMILES string of the molecule is O=C(NCc1ccco1)C1CCN(C(=O)/C=C/c2cccc(OCc3ccccc3)c2)CC1. The molecule has 1 aromatic heterocycles. The van der Waals surface area contributed by atoms with Crippen LogP contribution in [-0.4, -0.2) is 29.8 Å². The van der Waals surface area contributed by atoms with E-state index < -0.39 is 0 Å². The van der Waals surface area contributed by atoms with Gasteiger partial charge in [0.2, 0.25) is 11.8 Å². The Hall–Kier alpha value is -3.80. The Morgan fingerprint density at radius 3 is 2.61 bits per heavy atom. The Balaban J connectivity index is 1.23. The molecule has 2 aromatic carbocycles. The molecule has 0 spiro atoms. The minimum Gasteiger partial charge on any atom is -0.489 e. The third-order valence-corrected chi connectivity index (χ3v) is 5.72. The second kappa shape index (κ2) is 11.2. The van der Waals surface area contributed by atoms with E-state index in [1.807, 2.05) is 60.7 Å². The van der Waals surface area contributed by atoms with Gasteiger partial charge in [0.05, 0.1) is 12.8 Å². The molecule has 2 heterocycles. The number of amides is 2. The van der Waals surface area contributed by atoms with Gasteiger partial charge in [-0.25, -0.2) is 0 Å². The van der Waals surface area contributed by atoms with Crippen LogP contribution >= 0.6 is 0 Å². The van der Waals surface area contributed by atoms with Crippen molar-refractivity contribution in [2.24, 2.45) is 5.92 Å². The van der Waals surface area contributed by atoms with Crippen molar-refractivity contribution in [2.75, 3.05) is 13.1 Å². The molecule has 1 saturated heterocycles. The fraction of sp³-hybridized carbons (Fsp3) is 0.259. The first-order valence-electron chi connectivity index (χ1n) is 11.2. The van der Waals surface area contributed by atoms with Crippen LogP contribution in [0, 0.1) is 5.92 Å². The molecule has 0 aliphatic carbocycles. The molecule has 1 aliphatic heterocycles. The number of nitrogens with zero attached hydrogens (tertiary/aromatic N) is 1. The Bertz CT molecular complexity index is 1070. The molecule has 2 amide bonds. The highest BCUT2D eigenvalue weighted by atomic mass is 16.5. The van der Waals surface area contributed by atoms with Crippen molar-refractivity contribution in [3.05, 3.63) is 96.0 Å². The van der Waals surface area contributed by atoms with E-state index >= 15 is 0 Å². The van der Waals surface area contributed by atoms with Crippen molar-refractivity contribution < 1.29 is 18.7 Å². The molecule has 1 fully saturated rings. The highest BCUT2D eigenvalue weighted by Gasteiger charge is 2.26. The Labute approximate surface area is 193 Å². The highest BCUT2D eigenvalue weighted by molar-refractivity contribution is 5.92. The largest absolute Gasteiger partial charge is 0.489 e. The molecule has 33 heavy (non-hydrogen) atoms. The van der Waals surface area contributed by atoms with Crippen LogP contribution in [0.4, 0.5) is 0 Å². The first-order chi connectivity index (χ1) is 16.2. The van der Waals surface area contributed by atoms with Crippen LogP contribution in [0.1, 0.15) is 29.7 Å². The van der Waals surface area contributed by atoms with Gasteiger partial charge < -0.3 is 19.4 Å². The fourth-order valence-corrected chi connectivity index (χ4v) is 3.82. The number of likely N-dealkylation sites (tertiary alicyclic amines) is 1. The van der Waals surface area contributed by atoms with Crippen LogP contribution in [-0.2, 0) is 22.7 Å². The number of piperidine rings is 1. The number of hydrogen-bond acceptors (Lipinski definition) is 4. The number of ether oxygens (including phenoxy) is 1. The van der Waals surface area contributed by atoms with E-state index in [1.54, 1.807) is 29.4 Å². The molecular weight excluding hydrogens is 416 g/mol. The summed E-state index contributed by atoms with van der Waals surface area (Å²) in [7, 11) is 0. The number of furan rings is 1. The molecule has 0 bridgehead atoms. The average molecular weight is 445 g/mol. The Morgan fingerprint density at radius 1 is 1.03 bits per heavy atom. The van der Waals surface area contributed by atoms with E-state index in [-0.39, 0.29) is 17.7 Å². The molecule has 3 aromatic rings. The van der Waals surface area contributed by atoms with Crippen molar-refractivity contribution in [2.45, 2.75) is 26.0 Å². The van der Waals surface area contributed by atoms with E-state index in [9.17, 15) is 9.59 Å². The summed E-state index contributed by atoms with van der Waals surface area (Å²) in [4.78, 5) is 26.8. The zero-order valence-electron chi connectivity index (χ0n) is 18.5. The van der Waals surface area contributed by atoms with Crippen molar-refractivity contribution >= 4 is 17.9 Å². The zero-order valence-corrected chi connectivity index (χ0v) is 18.5. The van der Waals surface area contributed by atoms with E-state index in [0.717, 1.165) is 22.6 Å². The van der Waals surface area contributed by atoms with Gasteiger partial charge in [0.25, 0.3) is 0 Å². The third-order valence-electron chi connectivity index (χ3n) is 5.72. The van der Waals surface area contributed by atoms with Gasteiger partial charge in [0.1, 0.15) is 18.1 Å². The first-order valence-corrected chi connectivity index (χ1v) is 11.2. The lowest BCUT2D eigenvalue weighted by Crippen LogP contribution is -2.42. The maximum absolute atomic E-state index is 12.6. The number of nitrogens with one attached hydrogen (secondary N) is 1. The predicted molar refractivity (Wildman–Crippen MR) is 126 cm³/mol. The van der Waals surface area contributed by atoms with Crippen molar-refractivity contribution in [1.29, 1.82) is 0 Å². The minimum absolute atomic E-state index is 0.0151. The molecule has 4 rings (SSSR count). The van der Waals surface area contributed by atoms with Gasteiger partial charge in [-0.2, -0.15) is 0 Å². The molecule has 1 aliphatic rings. The van der Waals surface area contributed by atoms with Crippen LogP contribution in [0.25, 0.3) is 6.08 Å². The number of carbonyl (C=O) groups excluding carboxylic acids is 2. The number of hydrogen-bond donors (Lipinski definition) is 1. The average Bonchev–Trinajstić information content (AvgIpc) is 3.39. The maximum atomic E-state index is 12.6. The molecule has 6 nitrogen and oxygen atoms in total. The van der Waals surface area contributed by atoms with Crippen LogP contribution in [0.2, 0.25) is 0 Å². The normalized spacial score (nSPS) is 14.4. The lowest BCUT2D eigenvalue weighted by atomic mass is 9.96. The first kappa shape index (κ1) is 22.4. The monoisotopic (exact) mass is 444 g/mol. The van der Waals surface area contributed by atoms with Gasteiger partial charge in [-0.3, -0.25) is 9.59 Å². The molecule has 6 heteroatoms. The summed E-state index contributed by atoms with van der Waals surface area (Å²) in [5.41, 5.74) is 2.01. The van der Waals surface area contributed by atoms with Gasteiger partial charge in [0.15, 0.2) is 0 Å². The zero-order chi connectivity index (χ0) is 22.9. The van der Waals surface area contributed by atoms with Crippen LogP contribution < -0.4 is 10.1 Å². The van der Waals surface area contributed by atoms with E-state index in [4.69, 9.17) is 9.15 Å². The fourth-order valence-electron chi connectivity index (χ4n) is 3.82. The topological polar surface area (TPSA) is 71.8 Å². The summed E-state index contributed by atoms with van der Waals surface area (Å²) in [6.45, 7) is 2.03. The summed E-state index contributed by atoms with van der Waals surface area (Å²) in [6.07, 6.45) is 6.30. The molecule has 0 atom stereocenters. The summed E-state index contributed by atoms with van der Waals surface area (Å²) < 4.78 is 11.1. The minimum atomic E-state index is -0.0774. The Morgan fingerprint density at radius 2 is 1.85 bits per heavy atom.